The molecule has 0 bridgehead atoms. The Morgan fingerprint density at radius 1 is 1.11 bits per heavy atom. The number of hydrogen-bond acceptors (Lipinski definition) is 5. The van der Waals surface area contributed by atoms with E-state index in [4.69, 9.17) is 37.4 Å². The van der Waals surface area contributed by atoms with Crippen molar-refractivity contribution in [1.29, 1.82) is 0 Å². The number of nitrogens with one attached hydrogen (secondary N) is 1. The fourth-order valence-corrected chi connectivity index (χ4v) is 2.52. The maximum Gasteiger partial charge on any atom is 0.427 e. The number of amides is 1. The second-order valence-electron chi connectivity index (χ2n) is 5.27. The van der Waals surface area contributed by atoms with Gasteiger partial charge in [-0.05, 0) is 49.2 Å². The molecule has 0 aliphatic rings. The fourth-order valence-electron chi connectivity index (χ4n) is 2.12. The van der Waals surface area contributed by atoms with Gasteiger partial charge in [0, 0.05) is 5.02 Å². The lowest BCUT2D eigenvalue weighted by molar-refractivity contribution is 0.152. The molecule has 2 rings (SSSR count). The molecule has 8 heteroatoms. The Morgan fingerprint density at radius 2 is 1.85 bits per heavy atom. The first-order valence-corrected chi connectivity index (χ1v) is 9.08. The molecule has 0 spiro atoms. The van der Waals surface area contributed by atoms with Gasteiger partial charge in [0.15, 0.2) is 11.5 Å². The van der Waals surface area contributed by atoms with Crippen molar-refractivity contribution in [3.8, 4) is 11.5 Å². The summed E-state index contributed by atoms with van der Waals surface area (Å²) in [4.78, 5) is 11.2. The van der Waals surface area contributed by atoms with Crippen LogP contribution < -0.4 is 14.9 Å². The van der Waals surface area contributed by atoms with Crippen molar-refractivity contribution in [2.24, 2.45) is 5.10 Å². The van der Waals surface area contributed by atoms with Crippen LogP contribution in [-0.2, 0) is 11.3 Å². The number of carbonyl (C=O) groups excluding carboxylic acids is 1. The summed E-state index contributed by atoms with van der Waals surface area (Å²) in [5.74, 6) is 0.917. The maximum atomic E-state index is 11.2. The predicted molar refractivity (Wildman–Crippen MR) is 106 cm³/mol. The molecule has 0 saturated carbocycles. The van der Waals surface area contributed by atoms with E-state index < -0.39 is 6.09 Å². The molecule has 2 aromatic rings. The highest BCUT2D eigenvalue weighted by atomic mass is 35.5. The normalized spacial score (nSPS) is 10.7. The highest BCUT2D eigenvalue weighted by Crippen LogP contribution is 2.37. The second-order valence-corrected chi connectivity index (χ2v) is 6.11. The standard InChI is InChI=1S/C19H20Cl2N2O4/c1-3-25-17-10-14(11-22-23-19(24)26-4-2)9-16(21)18(17)27-12-13-5-7-15(20)8-6-13/h5-11H,3-4,12H2,1-2H3,(H,23,24)/b22-11-. The highest BCUT2D eigenvalue weighted by molar-refractivity contribution is 6.32. The van der Waals surface area contributed by atoms with Crippen LogP contribution in [0.25, 0.3) is 0 Å². The predicted octanol–water partition coefficient (Wildman–Crippen LogP) is 5.05. The molecule has 0 aromatic heterocycles. The maximum absolute atomic E-state index is 11.2. The Labute approximate surface area is 168 Å². The molecule has 6 nitrogen and oxygen atoms in total. The molecular formula is C19H20Cl2N2O4. The number of benzene rings is 2. The molecule has 144 valence electrons. The topological polar surface area (TPSA) is 69.2 Å². The zero-order valence-electron chi connectivity index (χ0n) is 15.0. The van der Waals surface area contributed by atoms with Crippen molar-refractivity contribution in [3.63, 3.8) is 0 Å². The average molecular weight is 411 g/mol. The monoisotopic (exact) mass is 410 g/mol. The van der Waals surface area contributed by atoms with Crippen LogP contribution in [0, 0.1) is 0 Å². The summed E-state index contributed by atoms with van der Waals surface area (Å²) in [5, 5.41) is 4.84. The SMILES string of the molecule is CCOC(=O)N/N=C\c1cc(Cl)c(OCc2ccc(Cl)cc2)c(OCC)c1. The molecule has 1 amide bonds. The van der Waals surface area contributed by atoms with E-state index in [2.05, 4.69) is 10.5 Å². The largest absolute Gasteiger partial charge is 0.490 e. The fraction of sp³-hybridized carbons (Fsp3) is 0.263. The summed E-state index contributed by atoms with van der Waals surface area (Å²) in [6.45, 7) is 4.59. The molecule has 0 unspecified atom stereocenters. The van der Waals surface area contributed by atoms with Crippen LogP contribution in [0.3, 0.4) is 0 Å². The molecule has 0 aliphatic heterocycles. The van der Waals surface area contributed by atoms with Gasteiger partial charge >= 0.3 is 6.09 Å². The summed E-state index contributed by atoms with van der Waals surface area (Å²) in [5.41, 5.74) is 3.84. The van der Waals surface area contributed by atoms with E-state index in [0.29, 0.717) is 40.3 Å². The van der Waals surface area contributed by atoms with Gasteiger partial charge in [-0.15, -0.1) is 0 Å². The second kappa shape index (κ2) is 10.6. The summed E-state index contributed by atoms with van der Waals surface area (Å²) in [7, 11) is 0. The van der Waals surface area contributed by atoms with Crippen molar-refractivity contribution in [3.05, 3.63) is 57.6 Å². The summed E-state index contributed by atoms with van der Waals surface area (Å²) in [6, 6.07) is 10.7. The third kappa shape index (κ3) is 6.66. The molecule has 0 fully saturated rings. The molecule has 0 heterocycles. The van der Waals surface area contributed by atoms with Crippen LogP contribution in [-0.4, -0.2) is 25.5 Å². The van der Waals surface area contributed by atoms with Crippen molar-refractivity contribution in [2.45, 2.75) is 20.5 Å². The minimum atomic E-state index is -0.632. The molecular weight excluding hydrogens is 391 g/mol. The highest BCUT2D eigenvalue weighted by Gasteiger charge is 2.12. The zero-order valence-corrected chi connectivity index (χ0v) is 16.5. The van der Waals surface area contributed by atoms with E-state index in [1.807, 2.05) is 19.1 Å². The van der Waals surface area contributed by atoms with Crippen molar-refractivity contribution < 1.29 is 19.0 Å². The van der Waals surface area contributed by atoms with Gasteiger partial charge in [-0.2, -0.15) is 5.10 Å². The minimum Gasteiger partial charge on any atom is -0.490 e. The van der Waals surface area contributed by atoms with Gasteiger partial charge in [0.1, 0.15) is 6.61 Å². The van der Waals surface area contributed by atoms with Crippen LogP contribution in [0.1, 0.15) is 25.0 Å². The third-order valence-corrected chi connectivity index (χ3v) is 3.81. The van der Waals surface area contributed by atoms with Crippen LogP contribution in [0.15, 0.2) is 41.5 Å². The summed E-state index contributed by atoms with van der Waals surface area (Å²) >= 11 is 12.2. The quantitative estimate of drug-likeness (QED) is 0.488. The Kier molecular flexibility index (Phi) is 8.23. The van der Waals surface area contributed by atoms with E-state index in [1.165, 1.54) is 6.21 Å². The molecule has 0 saturated heterocycles. The first-order valence-electron chi connectivity index (χ1n) is 8.32. The van der Waals surface area contributed by atoms with Gasteiger partial charge in [0.05, 0.1) is 24.5 Å². The van der Waals surface area contributed by atoms with Crippen molar-refractivity contribution in [2.75, 3.05) is 13.2 Å². The van der Waals surface area contributed by atoms with E-state index in [9.17, 15) is 4.79 Å². The van der Waals surface area contributed by atoms with Gasteiger partial charge in [-0.25, -0.2) is 10.2 Å². The van der Waals surface area contributed by atoms with E-state index in [0.717, 1.165) is 5.56 Å². The van der Waals surface area contributed by atoms with Crippen molar-refractivity contribution >= 4 is 35.5 Å². The van der Waals surface area contributed by atoms with Crippen LogP contribution in [0.5, 0.6) is 11.5 Å². The van der Waals surface area contributed by atoms with E-state index in [1.54, 1.807) is 31.2 Å². The minimum absolute atomic E-state index is 0.265. The van der Waals surface area contributed by atoms with Gasteiger partial charge in [-0.3, -0.25) is 0 Å². The first-order chi connectivity index (χ1) is 13.0. The van der Waals surface area contributed by atoms with Crippen LogP contribution in [0.2, 0.25) is 10.0 Å². The van der Waals surface area contributed by atoms with Gasteiger partial charge in [0.2, 0.25) is 0 Å². The number of hydrazone groups is 1. The summed E-state index contributed by atoms with van der Waals surface area (Å²) < 4.78 is 16.2. The molecule has 0 aliphatic carbocycles. The number of halogens is 2. The lowest BCUT2D eigenvalue weighted by atomic mass is 10.2. The van der Waals surface area contributed by atoms with Gasteiger partial charge in [0.25, 0.3) is 0 Å². The van der Waals surface area contributed by atoms with Gasteiger partial charge < -0.3 is 14.2 Å². The molecule has 0 radical (unpaired) electrons. The van der Waals surface area contributed by atoms with Crippen molar-refractivity contribution in [1.82, 2.24) is 5.43 Å². The number of rotatable bonds is 8. The molecule has 1 N–H and O–H groups in total. The van der Waals surface area contributed by atoms with E-state index >= 15 is 0 Å². The number of hydrogen-bond donors (Lipinski definition) is 1. The lowest BCUT2D eigenvalue weighted by Gasteiger charge is -2.14. The lowest BCUT2D eigenvalue weighted by Crippen LogP contribution is -2.18. The Balaban J connectivity index is 2.13. The van der Waals surface area contributed by atoms with Crippen LogP contribution >= 0.6 is 23.2 Å². The Hall–Kier alpha value is -2.44. The molecule has 0 atom stereocenters. The Bertz CT molecular complexity index is 795. The zero-order chi connectivity index (χ0) is 19.6. The average Bonchev–Trinajstić information content (AvgIpc) is 2.63. The number of carbonyl (C=O) groups is 1. The number of nitrogens with zero attached hydrogens (tertiary/aromatic N) is 1. The first kappa shape index (κ1) is 20.9. The number of ether oxygens (including phenoxy) is 3. The summed E-state index contributed by atoms with van der Waals surface area (Å²) in [6.07, 6.45) is 0.807. The van der Waals surface area contributed by atoms with Gasteiger partial charge in [-0.1, -0.05) is 35.3 Å². The molecule has 2 aromatic carbocycles. The Morgan fingerprint density at radius 3 is 2.52 bits per heavy atom. The molecule has 27 heavy (non-hydrogen) atoms. The third-order valence-electron chi connectivity index (χ3n) is 3.27. The van der Waals surface area contributed by atoms with Crippen LogP contribution in [0.4, 0.5) is 4.79 Å². The van der Waals surface area contributed by atoms with E-state index in [-0.39, 0.29) is 6.61 Å². The smallest absolute Gasteiger partial charge is 0.427 e.